The molecule has 1 aromatic carbocycles. The van der Waals surface area contributed by atoms with Crippen molar-refractivity contribution in [2.24, 2.45) is 0 Å². The normalized spacial score (nSPS) is 17.9. The number of hydrogen-bond acceptors (Lipinski definition) is 6. The zero-order chi connectivity index (χ0) is 16.8. The van der Waals surface area contributed by atoms with E-state index in [9.17, 15) is 4.79 Å². The fraction of sp³-hybridized carbons (Fsp3) is 0.471. The summed E-state index contributed by atoms with van der Waals surface area (Å²) >= 11 is 0. The molecule has 7 heteroatoms. The van der Waals surface area contributed by atoms with Gasteiger partial charge in [0.05, 0.1) is 32.8 Å². The third-order valence-electron chi connectivity index (χ3n) is 3.85. The number of morpholine rings is 1. The van der Waals surface area contributed by atoms with Crippen molar-refractivity contribution in [3.05, 3.63) is 47.7 Å². The Kier molecular flexibility index (Phi) is 5.55. The maximum Gasteiger partial charge on any atom is 0.241 e. The molecule has 0 N–H and O–H groups in total. The van der Waals surface area contributed by atoms with Crippen molar-refractivity contribution in [1.82, 2.24) is 15.1 Å². The molecule has 0 spiro atoms. The Bertz CT molecular complexity index is 659. The van der Waals surface area contributed by atoms with Gasteiger partial charge in [-0.3, -0.25) is 4.79 Å². The van der Waals surface area contributed by atoms with Gasteiger partial charge in [0.1, 0.15) is 6.04 Å². The van der Waals surface area contributed by atoms with Crippen molar-refractivity contribution in [2.75, 3.05) is 26.4 Å². The average Bonchev–Trinajstić information content (AvgIpc) is 3.06. The van der Waals surface area contributed by atoms with Gasteiger partial charge in [-0.15, -0.1) is 10.2 Å². The Morgan fingerprint density at radius 1 is 1.33 bits per heavy atom. The molecular formula is C17H21N3O4. The summed E-state index contributed by atoms with van der Waals surface area (Å²) in [7, 11) is 0. The molecule has 1 atom stereocenters. The first-order valence-electron chi connectivity index (χ1n) is 8.03. The van der Waals surface area contributed by atoms with Crippen molar-refractivity contribution >= 4 is 5.91 Å². The fourth-order valence-electron chi connectivity index (χ4n) is 2.62. The van der Waals surface area contributed by atoms with Gasteiger partial charge >= 0.3 is 0 Å². The van der Waals surface area contributed by atoms with Gasteiger partial charge in [-0.05, 0) is 5.56 Å². The van der Waals surface area contributed by atoms with E-state index in [1.807, 2.05) is 30.3 Å². The van der Waals surface area contributed by atoms with Crippen LogP contribution >= 0.6 is 0 Å². The van der Waals surface area contributed by atoms with Crippen molar-refractivity contribution in [1.29, 1.82) is 0 Å². The van der Waals surface area contributed by atoms with Crippen LogP contribution in [0.25, 0.3) is 0 Å². The number of aryl methyl sites for hydroxylation is 1. The van der Waals surface area contributed by atoms with E-state index in [0.29, 0.717) is 51.2 Å². The van der Waals surface area contributed by atoms with Crippen LogP contribution in [0.3, 0.4) is 0 Å². The predicted molar refractivity (Wildman–Crippen MR) is 85.0 cm³/mol. The molecule has 1 aliphatic heterocycles. The third kappa shape index (κ3) is 4.18. The molecule has 2 heterocycles. The van der Waals surface area contributed by atoms with E-state index in [2.05, 4.69) is 10.2 Å². The largest absolute Gasteiger partial charge is 0.423 e. The first-order valence-corrected chi connectivity index (χ1v) is 8.03. The summed E-state index contributed by atoms with van der Waals surface area (Å²) < 4.78 is 16.5. The van der Waals surface area contributed by atoms with Gasteiger partial charge in [0.15, 0.2) is 0 Å². The third-order valence-corrected chi connectivity index (χ3v) is 3.85. The Balaban J connectivity index is 1.51. The monoisotopic (exact) mass is 331 g/mol. The standard InChI is InChI=1S/C17H21N3O4/c1-13-18-19-17(24-13)15-12-23-10-8-20(15)16(21)7-9-22-11-14-5-3-2-4-6-14/h2-6,15H,7-12H2,1H3/t15-/m0/s1. The lowest BCUT2D eigenvalue weighted by molar-refractivity contribution is -0.142. The zero-order valence-electron chi connectivity index (χ0n) is 13.7. The molecule has 24 heavy (non-hydrogen) atoms. The van der Waals surface area contributed by atoms with Crippen LogP contribution in [-0.2, 0) is 20.9 Å². The molecule has 1 aromatic heterocycles. The number of aromatic nitrogens is 2. The van der Waals surface area contributed by atoms with Crippen LogP contribution in [0.5, 0.6) is 0 Å². The van der Waals surface area contributed by atoms with Crippen molar-refractivity contribution in [3.63, 3.8) is 0 Å². The second kappa shape index (κ2) is 8.03. The average molecular weight is 331 g/mol. The summed E-state index contributed by atoms with van der Waals surface area (Å²) in [5.74, 6) is 0.909. The summed E-state index contributed by atoms with van der Waals surface area (Å²) in [6.07, 6.45) is 0.316. The summed E-state index contributed by atoms with van der Waals surface area (Å²) in [4.78, 5) is 14.2. The highest BCUT2D eigenvalue weighted by atomic mass is 16.5. The first kappa shape index (κ1) is 16.6. The van der Waals surface area contributed by atoms with Crippen LogP contribution in [0, 0.1) is 6.92 Å². The molecule has 0 aliphatic carbocycles. The van der Waals surface area contributed by atoms with Crippen molar-refractivity contribution in [2.45, 2.75) is 26.0 Å². The minimum atomic E-state index is -0.318. The topological polar surface area (TPSA) is 77.7 Å². The lowest BCUT2D eigenvalue weighted by Gasteiger charge is -2.33. The van der Waals surface area contributed by atoms with E-state index >= 15 is 0 Å². The summed E-state index contributed by atoms with van der Waals surface area (Å²) in [6, 6.07) is 9.57. The van der Waals surface area contributed by atoms with E-state index < -0.39 is 0 Å². The zero-order valence-corrected chi connectivity index (χ0v) is 13.7. The lowest BCUT2D eigenvalue weighted by Crippen LogP contribution is -2.43. The summed E-state index contributed by atoms with van der Waals surface area (Å²) in [5.41, 5.74) is 1.09. The minimum absolute atomic E-state index is 0.00668. The molecule has 0 bridgehead atoms. The Morgan fingerprint density at radius 2 is 2.17 bits per heavy atom. The maximum absolute atomic E-state index is 12.5. The number of carbonyl (C=O) groups is 1. The minimum Gasteiger partial charge on any atom is -0.423 e. The predicted octanol–water partition coefficient (Wildman–Crippen LogP) is 1.88. The molecule has 7 nitrogen and oxygen atoms in total. The van der Waals surface area contributed by atoms with Crippen LogP contribution in [0.1, 0.15) is 29.8 Å². The van der Waals surface area contributed by atoms with E-state index in [-0.39, 0.29) is 11.9 Å². The quantitative estimate of drug-likeness (QED) is 0.752. The van der Waals surface area contributed by atoms with Crippen LogP contribution in [-0.4, -0.2) is 47.4 Å². The van der Waals surface area contributed by atoms with Crippen molar-refractivity contribution in [3.8, 4) is 0 Å². The molecule has 128 valence electrons. The Morgan fingerprint density at radius 3 is 2.92 bits per heavy atom. The molecular weight excluding hydrogens is 310 g/mol. The van der Waals surface area contributed by atoms with Crippen LogP contribution < -0.4 is 0 Å². The second-order valence-electron chi connectivity index (χ2n) is 5.63. The van der Waals surface area contributed by atoms with Crippen LogP contribution in [0.2, 0.25) is 0 Å². The highest BCUT2D eigenvalue weighted by molar-refractivity contribution is 5.76. The van der Waals surface area contributed by atoms with Gasteiger partial charge in [0.2, 0.25) is 17.7 Å². The van der Waals surface area contributed by atoms with Gasteiger partial charge in [0, 0.05) is 13.5 Å². The molecule has 1 aliphatic rings. The Hall–Kier alpha value is -2.25. The number of ether oxygens (including phenoxy) is 2. The smallest absolute Gasteiger partial charge is 0.241 e. The molecule has 1 amide bonds. The number of nitrogens with zero attached hydrogens (tertiary/aromatic N) is 3. The second-order valence-corrected chi connectivity index (χ2v) is 5.63. The van der Waals surface area contributed by atoms with Gasteiger partial charge in [-0.25, -0.2) is 0 Å². The number of rotatable bonds is 6. The Labute approximate surface area is 140 Å². The van der Waals surface area contributed by atoms with E-state index in [4.69, 9.17) is 13.9 Å². The molecule has 0 radical (unpaired) electrons. The molecule has 0 unspecified atom stereocenters. The first-order chi connectivity index (χ1) is 11.7. The molecule has 2 aromatic rings. The van der Waals surface area contributed by atoms with E-state index in [1.54, 1.807) is 11.8 Å². The molecule has 0 saturated carbocycles. The highest BCUT2D eigenvalue weighted by Crippen LogP contribution is 2.23. The lowest BCUT2D eigenvalue weighted by atomic mass is 10.2. The van der Waals surface area contributed by atoms with Gasteiger partial charge in [-0.1, -0.05) is 30.3 Å². The van der Waals surface area contributed by atoms with E-state index in [1.165, 1.54) is 0 Å². The van der Waals surface area contributed by atoms with Crippen molar-refractivity contribution < 1.29 is 18.7 Å². The summed E-state index contributed by atoms with van der Waals surface area (Å²) in [5, 5.41) is 7.85. The number of carbonyl (C=O) groups excluding carboxylic acids is 1. The number of amides is 1. The number of benzene rings is 1. The molecule has 3 rings (SSSR count). The maximum atomic E-state index is 12.5. The molecule has 1 saturated heterocycles. The fourth-order valence-corrected chi connectivity index (χ4v) is 2.62. The molecule has 1 fully saturated rings. The highest BCUT2D eigenvalue weighted by Gasteiger charge is 2.32. The van der Waals surface area contributed by atoms with Gasteiger partial charge < -0.3 is 18.8 Å². The van der Waals surface area contributed by atoms with Gasteiger partial charge in [0.25, 0.3) is 0 Å². The van der Waals surface area contributed by atoms with Gasteiger partial charge in [-0.2, -0.15) is 0 Å². The van der Waals surface area contributed by atoms with Crippen LogP contribution in [0.4, 0.5) is 0 Å². The number of hydrogen-bond donors (Lipinski definition) is 0. The summed E-state index contributed by atoms with van der Waals surface area (Å²) in [6.45, 7) is 4.01. The van der Waals surface area contributed by atoms with Crippen LogP contribution in [0.15, 0.2) is 34.7 Å². The SMILES string of the molecule is Cc1nnc([C@@H]2COCCN2C(=O)CCOCc2ccccc2)o1. The van der Waals surface area contributed by atoms with E-state index in [0.717, 1.165) is 5.56 Å².